The molecule has 2 N–H and O–H groups in total. The fourth-order valence-corrected chi connectivity index (χ4v) is 1.13. The van der Waals surface area contributed by atoms with Gasteiger partial charge in [0, 0.05) is 12.7 Å². The van der Waals surface area contributed by atoms with Crippen molar-refractivity contribution < 1.29 is 9.53 Å². The number of ether oxygens (including phenoxy) is 1. The quantitative estimate of drug-likeness (QED) is 0.451. The van der Waals surface area contributed by atoms with Gasteiger partial charge in [-0.15, -0.1) is 0 Å². The first-order valence-electron chi connectivity index (χ1n) is 3.22. The zero-order valence-electron chi connectivity index (χ0n) is 5.39. The first kappa shape index (κ1) is 5.58. The molecule has 0 unspecified atom stereocenters. The highest BCUT2D eigenvalue weighted by Gasteiger charge is 2.27. The van der Waals surface area contributed by atoms with Crippen molar-refractivity contribution >= 4 is 5.91 Å². The van der Waals surface area contributed by atoms with Crippen molar-refractivity contribution in [1.82, 2.24) is 10.6 Å². The fourth-order valence-electron chi connectivity index (χ4n) is 1.13. The minimum absolute atomic E-state index is 0.0362. The van der Waals surface area contributed by atoms with Gasteiger partial charge in [0.2, 0.25) is 0 Å². The summed E-state index contributed by atoms with van der Waals surface area (Å²) in [4.78, 5) is 10.7. The number of carbonyl (C=O) groups excluding carboxylic acids is 1. The van der Waals surface area contributed by atoms with Gasteiger partial charge >= 0.3 is 0 Å². The number of amides is 1. The zero-order chi connectivity index (χ0) is 6.97. The lowest BCUT2D eigenvalue weighted by Crippen LogP contribution is -2.45. The van der Waals surface area contributed by atoms with E-state index in [9.17, 15) is 4.79 Å². The van der Waals surface area contributed by atoms with E-state index in [-0.39, 0.29) is 18.6 Å². The predicted octanol–water partition coefficient (Wildman–Crippen LogP) is -1.05. The summed E-state index contributed by atoms with van der Waals surface area (Å²) in [6.07, 6.45) is 1.80. The Bertz CT molecular complexity index is 200. The predicted molar refractivity (Wildman–Crippen MR) is 34.0 cm³/mol. The Kier molecular flexibility index (Phi) is 1.06. The van der Waals surface area contributed by atoms with Gasteiger partial charge in [0.1, 0.15) is 11.8 Å². The molecule has 0 aromatic carbocycles. The molecule has 10 heavy (non-hydrogen) atoms. The van der Waals surface area contributed by atoms with Crippen LogP contribution in [-0.4, -0.2) is 25.1 Å². The Balaban J connectivity index is 2.13. The molecule has 2 rings (SSSR count). The van der Waals surface area contributed by atoms with Crippen LogP contribution in [0.25, 0.3) is 0 Å². The maximum atomic E-state index is 10.7. The molecule has 1 amide bonds. The summed E-state index contributed by atoms with van der Waals surface area (Å²) in [7, 11) is 0. The van der Waals surface area contributed by atoms with Crippen LogP contribution in [0.3, 0.4) is 0 Å². The standard InChI is InChI=1S/C6H8N2O2/c9-6-3-10-5-2-7-1-4(5)8-6/h2,4,7H,1,3H2,(H,8,9)/t4-/m0/s1. The molecule has 0 bridgehead atoms. The topological polar surface area (TPSA) is 50.4 Å². The van der Waals surface area contributed by atoms with Crippen LogP contribution >= 0.6 is 0 Å². The van der Waals surface area contributed by atoms with Gasteiger partial charge in [-0.25, -0.2) is 0 Å². The van der Waals surface area contributed by atoms with E-state index in [4.69, 9.17) is 4.74 Å². The van der Waals surface area contributed by atoms with E-state index in [0.717, 1.165) is 12.3 Å². The van der Waals surface area contributed by atoms with Gasteiger partial charge in [-0.05, 0) is 0 Å². The number of morpholine rings is 1. The summed E-state index contributed by atoms with van der Waals surface area (Å²) >= 11 is 0. The molecule has 2 aliphatic heterocycles. The third-order valence-corrected chi connectivity index (χ3v) is 1.61. The molecule has 0 spiro atoms. The number of hydrogen-bond acceptors (Lipinski definition) is 3. The number of hydrogen-bond donors (Lipinski definition) is 2. The number of carbonyl (C=O) groups is 1. The molecule has 1 saturated heterocycles. The maximum Gasteiger partial charge on any atom is 0.258 e. The van der Waals surface area contributed by atoms with Crippen molar-refractivity contribution in [2.24, 2.45) is 0 Å². The minimum atomic E-state index is -0.0362. The lowest BCUT2D eigenvalue weighted by molar-refractivity contribution is -0.127. The molecule has 0 aromatic rings. The zero-order valence-corrected chi connectivity index (χ0v) is 5.39. The summed E-state index contributed by atoms with van der Waals surface area (Å²) in [6, 6.07) is 0.0706. The minimum Gasteiger partial charge on any atom is -0.484 e. The number of rotatable bonds is 0. The third kappa shape index (κ3) is 0.725. The highest BCUT2D eigenvalue weighted by atomic mass is 16.5. The first-order chi connectivity index (χ1) is 4.86. The maximum absolute atomic E-state index is 10.7. The second-order valence-corrected chi connectivity index (χ2v) is 2.36. The van der Waals surface area contributed by atoms with Crippen molar-refractivity contribution in [2.45, 2.75) is 6.04 Å². The third-order valence-electron chi connectivity index (χ3n) is 1.61. The van der Waals surface area contributed by atoms with Gasteiger partial charge in [0.05, 0.1) is 0 Å². The van der Waals surface area contributed by atoms with Crippen LogP contribution in [0.2, 0.25) is 0 Å². The molecule has 2 aliphatic rings. The molecule has 4 nitrogen and oxygen atoms in total. The molecule has 0 radical (unpaired) electrons. The van der Waals surface area contributed by atoms with E-state index in [1.165, 1.54) is 0 Å². The van der Waals surface area contributed by atoms with Crippen molar-refractivity contribution in [1.29, 1.82) is 0 Å². The molecular formula is C6H8N2O2. The Morgan fingerprint density at radius 1 is 1.70 bits per heavy atom. The number of fused-ring (bicyclic) bond motifs is 1. The summed E-state index contributed by atoms with van der Waals surface area (Å²) < 4.78 is 5.10. The molecule has 0 aliphatic carbocycles. The lowest BCUT2D eigenvalue weighted by atomic mass is 10.2. The van der Waals surface area contributed by atoms with Crippen LogP contribution in [0.4, 0.5) is 0 Å². The molecule has 0 saturated carbocycles. The second-order valence-electron chi connectivity index (χ2n) is 2.36. The summed E-state index contributed by atoms with van der Waals surface area (Å²) in [6.45, 7) is 0.908. The normalized spacial score (nSPS) is 29.4. The van der Waals surface area contributed by atoms with E-state index in [0.29, 0.717) is 0 Å². The smallest absolute Gasteiger partial charge is 0.258 e. The summed E-state index contributed by atoms with van der Waals surface area (Å²) in [5, 5.41) is 5.77. The van der Waals surface area contributed by atoms with Gasteiger partial charge in [-0.3, -0.25) is 4.79 Å². The highest BCUT2D eigenvalue weighted by Crippen LogP contribution is 2.11. The monoisotopic (exact) mass is 140 g/mol. The Hall–Kier alpha value is -1.19. The van der Waals surface area contributed by atoms with Gasteiger partial charge in [-0.2, -0.15) is 0 Å². The second kappa shape index (κ2) is 1.90. The van der Waals surface area contributed by atoms with E-state index < -0.39 is 0 Å². The molecule has 0 aromatic heterocycles. The average molecular weight is 140 g/mol. The first-order valence-corrected chi connectivity index (χ1v) is 3.22. The van der Waals surface area contributed by atoms with Gasteiger partial charge in [0.15, 0.2) is 6.61 Å². The van der Waals surface area contributed by atoms with Crippen molar-refractivity contribution in [3.63, 3.8) is 0 Å². The van der Waals surface area contributed by atoms with Crippen LogP contribution in [0.5, 0.6) is 0 Å². The largest absolute Gasteiger partial charge is 0.484 e. The van der Waals surface area contributed by atoms with Crippen LogP contribution in [0, 0.1) is 0 Å². The average Bonchev–Trinajstić information content (AvgIpc) is 2.33. The van der Waals surface area contributed by atoms with E-state index >= 15 is 0 Å². The van der Waals surface area contributed by atoms with Gasteiger partial charge in [0.25, 0.3) is 5.91 Å². The Morgan fingerprint density at radius 3 is 3.50 bits per heavy atom. The van der Waals surface area contributed by atoms with Crippen molar-refractivity contribution in [2.75, 3.05) is 13.2 Å². The number of nitrogens with one attached hydrogen (secondary N) is 2. The van der Waals surface area contributed by atoms with Crippen molar-refractivity contribution in [3.8, 4) is 0 Å². The lowest BCUT2D eigenvalue weighted by Gasteiger charge is -2.21. The molecule has 1 atom stereocenters. The van der Waals surface area contributed by atoms with E-state index in [1.807, 2.05) is 0 Å². The summed E-state index contributed by atoms with van der Waals surface area (Å²) in [5.41, 5.74) is 0. The van der Waals surface area contributed by atoms with E-state index in [1.54, 1.807) is 6.20 Å². The molecule has 54 valence electrons. The molecule has 1 fully saturated rings. The Labute approximate surface area is 58.2 Å². The molecule has 2 heterocycles. The molecule has 4 heteroatoms. The van der Waals surface area contributed by atoms with Crippen LogP contribution in [0.15, 0.2) is 12.0 Å². The highest BCUT2D eigenvalue weighted by molar-refractivity contribution is 5.79. The van der Waals surface area contributed by atoms with Gasteiger partial charge in [-0.1, -0.05) is 0 Å². The van der Waals surface area contributed by atoms with Crippen LogP contribution in [0.1, 0.15) is 0 Å². The van der Waals surface area contributed by atoms with Crippen molar-refractivity contribution in [3.05, 3.63) is 12.0 Å². The van der Waals surface area contributed by atoms with Crippen LogP contribution in [-0.2, 0) is 9.53 Å². The van der Waals surface area contributed by atoms with Crippen LogP contribution < -0.4 is 10.6 Å². The Morgan fingerprint density at radius 2 is 2.60 bits per heavy atom. The molecular weight excluding hydrogens is 132 g/mol. The van der Waals surface area contributed by atoms with E-state index in [2.05, 4.69) is 10.6 Å². The fraction of sp³-hybridized carbons (Fsp3) is 0.500. The van der Waals surface area contributed by atoms with Gasteiger partial charge < -0.3 is 15.4 Å². The SMILES string of the molecule is O=C1COC2=CNC[C@@H]2N1. The summed E-state index contributed by atoms with van der Waals surface area (Å²) in [5.74, 6) is 0.811.